The number of likely N-dealkylation sites (tertiary alicyclic amines) is 2. The number of phenolic OH excluding ortho intramolecular Hbond substituents is 1. The highest BCUT2D eigenvalue weighted by Crippen LogP contribution is 2.33. The molecule has 2 aromatic rings. The first-order valence-corrected chi connectivity index (χ1v) is 14.6. The van der Waals surface area contributed by atoms with E-state index in [0.717, 1.165) is 54.8 Å². The van der Waals surface area contributed by atoms with Crippen LogP contribution in [0.3, 0.4) is 0 Å². The van der Waals surface area contributed by atoms with Crippen LogP contribution in [0.4, 0.5) is 10.9 Å². The van der Waals surface area contributed by atoms with Crippen LogP contribution in [0, 0.1) is 5.92 Å². The predicted octanol–water partition coefficient (Wildman–Crippen LogP) is 4.81. The van der Waals surface area contributed by atoms with Gasteiger partial charge in [0.15, 0.2) is 4.88 Å². The predicted molar refractivity (Wildman–Crippen MR) is 150 cm³/mol. The van der Waals surface area contributed by atoms with Crippen LogP contribution in [-0.2, 0) is 6.42 Å². The van der Waals surface area contributed by atoms with Gasteiger partial charge in [-0.25, -0.2) is 4.98 Å². The summed E-state index contributed by atoms with van der Waals surface area (Å²) in [6, 6.07) is 5.80. The molecule has 0 bridgehead atoms. The number of aromatic nitrogens is 1. The van der Waals surface area contributed by atoms with Crippen molar-refractivity contribution in [3.05, 3.63) is 57.7 Å². The number of hydrogen-bond donors (Lipinski definition) is 3. The normalized spacial score (nSPS) is 21.1. The smallest absolute Gasteiger partial charge is 0.283 e. The highest BCUT2D eigenvalue weighted by Gasteiger charge is 2.29. The number of thiazole rings is 1. The Morgan fingerprint density at radius 3 is 2.65 bits per heavy atom. The molecule has 7 nitrogen and oxygen atoms in total. The Morgan fingerprint density at radius 2 is 1.95 bits per heavy atom. The number of nitrogens with zero attached hydrogens (tertiary/aromatic N) is 2. The largest absolute Gasteiger partial charge is 0.508 e. The Labute approximate surface area is 224 Å². The minimum Gasteiger partial charge on any atom is -0.508 e. The van der Waals surface area contributed by atoms with Crippen molar-refractivity contribution in [3.63, 3.8) is 0 Å². The number of phenols is 1. The number of H-pyrrole nitrogens is 1. The molecular formula is C29H40N5O2S+. The summed E-state index contributed by atoms with van der Waals surface area (Å²) in [4.78, 5) is 22.1. The van der Waals surface area contributed by atoms with Crippen LogP contribution in [0.2, 0.25) is 0 Å². The van der Waals surface area contributed by atoms with Crippen molar-refractivity contribution in [2.45, 2.75) is 64.8 Å². The molecule has 1 unspecified atom stereocenters. The van der Waals surface area contributed by atoms with Gasteiger partial charge in [0.05, 0.1) is 5.70 Å². The lowest BCUT2D eigenvalue weighted by molar-refractivity contribution is -0.336. The Bertz CT molecular complexity index is 1190. The van der Waals surface area contributed by atoms with Crippen LogP contribution in [0.1, 0.15) is 73.2 Å². The number of nitrogen functional groups attached to an aromatic ring is 1. The molecule has 2 saturated heterocycles. The first-order chi connectivity index (χ1) is 17.9. The molecule has 198 valence electrons. The molecule has 37 heavy (non-hydrogen) atoms. The molecule has 5 N–H and O–H groups in total. The summed E-state index contributed by atoms with van der Waals surface area (Å²) in [5, 5.41) is 14.3. The molecule has 1 aliphatic carbocycles. The third-order valence-electron chi connectivity index (χ3n) is 8.05. The van der Waals surface area contributed by atoms with Crippen LogP contribution in [-0.4, -0.2) is 52.9 Å². The van der Waals surface area contributed by atoms with E-state index in [-0.39, 0.29) is 11.5 Å². The number of nitrogens with two attached hydrogens (primary N) is 1. The fourth-order valence-electron chi connectivity index (χ4n) is 5.91. The Hall–Kier alpha value is -2.84. The molecule has 5 rings (SSSR count). The molecule has 0 radical (unpaired) electrons. The molecule has 1 aromatic carbocycles. The lowest BCUT2D eigenvalue weighted by Gasteiger charge is -2.40. The van der Waals surface area contributed by atoms with E-state index in [2.05, 4.69) is 46.1 Å². The number of piperidine rings is 1. The maximum Gasteiger partial charge on any atom is 0.283 e. The summed E-state index contributed by atoms with van der Waals surface area (Å²) < 4.78 is 0. The molecule has 0 spiro atoms. The van der Waals surface area contributed by atoms with Gasteiger partial charge in [0, 0.05) is 36.3 Å². The number of ketones is 1. The van der Waals surface area contributed by atoms with Crippen molar-refractivity contribution >= 4 is 28.1 Å². The van der Waals surface area contributed by atoms with Gasteiger partial charge in [-0.2, -0.15) is 0 Å². The van der Waals surface area contributed by atoms with Gasteiger partial charge in [-0.05, 0) is 87.5 Å². The fourth-order valence-corrected chi connectivity index (χ4v) is 6.82. The lowest BCUT2D eigenvalue weighted by Crippen LogP contribution is -2.43. The number of nitrogens with one attached hydrogen (secondary N) is 2. The van der Waals surface area contributed by atoms with E-state index in [9.17, 15) is 9.90 Å². The average Bonchev–Trinajstić information content (AvgIpc) is 3.56. The molecule has 3 heterocycles. The van der Waals surface area contributed by atoms with Gasteiger partial charge in [0.2, 0.25) is 11.6 Å². The molecule has 8 heteroatoms. The number of carbonyl (C=O) groups excluding carboxylic acids is 1. The number of rotatable bonds is 8. The third-order valence-corrected chi connectivity index (χ3v) is 9.07. The Kier molecular flexibility index (Phi) is 7.86. The number of anilines is 2. The molecule has 2 fully saturated rings. The van der Waals surface area contributed by atoms with Crippen LogP contribution >= 0.6 is 11.3 Å². The summed E-state index contributed by atoms with van der Waals surface area (Å²) in [5.74, 6) is 0.812. The zero-order chi connectivity index (χ0) is 25.9. The van der Waals surface area contributed by atoms with E-state index in [0.29, 0.717) is 22.2 Å². The van der Waals surface area contributed by atoms with E-state index in [1.165, 1.54) is 55.8 Å². The van der Waals surface area contributed by atoms with Crippen molar-refractivity contribution in [2.75, 3.05) is 37.2 Å². The average molecular weight is 523 g/mol. The summed E-state index contributed by atoms with van der Waals surface area (Å²) in [6.07, 6.45) is 12.3. The van der Waals surface area contributed by atoms with E-state index >= 15 is 0 Å². The maximum absolute atomic E-state index is 13.2. The van der Waals surface area contributed by atoms with E-state index < -0.39 is 0 Å². The molecule has 1 atom stereocenters. The third kappa shape index (κ3) is 5.70. The second kappa shape index (κ2) is 11.3. The van der Waals surface area contributed by atoms with Gasteiger partial charge < -0.3 is 20.6 Å². The zero-order valence-electron chi connectivity index (χ0n) is 22.1. The Morgan fingerprint density at radius 1 is 1.19 bits per heavy atom. The number of benzene rings is 1. The van der Waals surface area contributed by atoms with Gasteiger partial charge in [-0.15, -0.1) is 0 Å². The molecule has 3 aliphatic rings. The number of hydrogen-bond acceptors (Lipinski definition) is 7. The fraction of sp³-hybridized carbons (Fsp3) is 0.517. The Balaban J connectivity index is 1.24. The van der Waals surface area contributed by atoms with Gasteiger partial charge in [0.25, 0.3) is 5.13 Å². The molecule has 0 amide bonds. The molecule has 1 aromatic heterocycles. The summed E-state index contributed by atoms with van der Waals surface area (Å²) in [7, 11) is 0. The first-order valence-electron chi connectivity index (χ1n) is 13.8. The standard InChI is InChI=1S/C29H39N5O2S/c1-3-6-20-18-21(7-10-25(20)35)26(36)27-28(30)32-29(37-27)31-24-9-8-23(17-19(24)2)34-15-11-22(12-16-34)33-13-4-5-14-33/h7-10,18-19,22,35H,3-6,11-17,30H2,1-2H3,(H,31,32)/p+1. The van der Waals surface area contributed by atoms with Crippen LogP contribution < -0.4 is 16.0 Å². The number of aromatic hydroxyl groups is 1. The SMILES string of the molecule is CCCc1cc(C(=O)c2sc(NC3=CC=C(N4CCC(N5CCCC5)CC4)CC3C)[nH+]c2N)ccc1O. The van der Waals surface area contributed by atoms with Crippen molar-refractivity contribution in [2.24, 2.45) is 5.92 Å². The quantitative estimate of drug-likeness (QED) is 0.431. The van der Waals surface area contributed by atoms with E-state index in [4.69, 9.17) is 5.73 Å². The zero-order valence-corrected chi connectivity index (χ0v) is 22.9. The summed E-state index contributed by atoms with van der Waals surface area (Å²) in [5.41, 5.74) is 10.1. The number of aryl methyl sites for hydroxylation is 1. The van der Waals surface area contributed by atoms with Crippen LogP contribution in [0.15, 0.2) is 41.7 Å². The summed E-state index contributed by atoms with van der Waals surface area (Å²) in [6.45, 7) is 9.16. The number of aromatic amines is 1. The van der Waals surface area contributed by atoms with Gasteiger partial charge in [-0.1, -0.05) is 31.6 Å². The van der Waals surface area contributed by atoms with Gasteiger partial charge >= 0.3 is 0 Å². The van der Waals surface area contributed by atoms with Gasteiger partial charge in [0.1, 0.15) is 5.75 Å². The second-order valence-corrected chi connectivity index (χ2v) is 11.7. The highest BCUT2D eigenvalue weighted by molar-refractivity contribution is 7.17. The van der Waals surface area contributed by atoms with Crippen molar-refractivity contribution < 1.29 is 14.9 Å². The lowest BCUT2D eigenvalue weighted by atomic mass is 9.94. The molecular weight excluding hydrogens is 482 g/mol. The first kappa shape index (κ1) is 25.8. The van der Waals surface area contributed by atoms with Crippen LogP contribution in [0.25, 0.3) is 0 Å². The number of carbonyl (C=O) groups is 1. The van der Waals surface area contributed by atoms with Gasteiger partial charge in [-0.3, -0.25) is 10.1 Å². The van der Waals surface area contributed by atoms with Crippen molar-refractivity contribution in [3.8, 4) is 5.75 Å². The second-order valence-electron chi connectivity index (χ2n) is 10.7. The topological polar surface area (TPSA) is 96.0 Å². The minimum absolute atomic E-state index is 0.130. The minimum atomic E-state index is -0.130. The molecule has 0 saturated carbocycles. The number of allylic oxidation sites excluding steroid dienone is 4. The summed E-state index contributed by atoms with van der Waals surface area (Å²) >= 11 is 1.34. The van der Waals surface area contributed by atoms with Crippen molar-refractivity contribution in [1.29, 1.82) is 0 Å². The molecule has 2 aliphatic heterocycles. The monoisotopic (exact) mass is 522 g/mol. The highest BCUT2D eigenvalue weighted by atomic mass is 32.1. The van der Waals surface area contributed by atoms with E-state index in [1.807, 2.05) is 0 Å². The van der Waals surface area contributed by atoms with E-state index in [1.54, 1.807) is 18.2 Å². The van der Waals surface area contributed by atoms with Crippen LogP contribution in [0.5, 0.6) is 5.75 Å². The van der Waals surface area contributed by atoms with Crippen molar-refractivity contribution in [1.82, 2.24) is 9.80 Å². The maximum atomic E-state index is 13.2.